The van der Waals surface area contributed by atoms with Crippen molar-refractivity contribution < 1.29 is 5.11 Å². The van der Waals surface area contributed by atoms with Crippen molar-refractivity contribution in [2.45, 2.75) is 13.0 Å². The molecule has 1 aromatic heterocycles. The fraction of sp³-hybridized carbons (Fsp3) is 0.364. The second kappa shape index (κ2) is 4.02. The van der Waals surface area contributed by atoms with Gasteiger partial charge in [-0.25, -0.2) is 4.79 Å². The topological polar surface area (TPSA) is 73.2 Å². The summed E-state index contributed by atoms with van der Waals surface area (Å²) in [5, 5.41) is 9.39. The van der Waals surface area contributed by atoms with Crippen molar-refractivity contribution in [3.8, 4) is 5.75 Å². The van der Waals surface area contributed by atoms with Gasteiger partial charge in [0.15, 0.2) is 0 Å². The molecular formula is C11H15N3O2. The number of aryl methyl sites for hydroxylation is 2. The number of nitrogens with two attached hydrogens (primary N) is 1. The van der Waals surface area contributed by atoms with Crippen molar-refractivity contribution in [2.24, 2.45) is 12.8 Å². The number of imidazole rings is 1. The molecule has 0 unspecified atom stereocenters. The highest BCUT2D eigenvalue weighted by atomic mass is 16.3. The Hall–Kier alpha value is -1.75. The van der Waals surface area contributed by atoms with E-state index >= 15 is 0 Å². The Morgan fingerprint density at radius 1 is 1.38 bits per heavy atom. The van der Waals surface area contributed by atoms with E-state index in [0.29, 0.717) is 13.1 Å². The van der Waals surface area contributed by atoms with Crippen molar-refractivity contribution in [2.75, 3.05) is 6.54 Å². The van der Waals surface area contributed by atoms with Crippen LogP contribution in [0.5, 0.6) is 5.75 Å². The number of aromatic hydroxyl groups is 1. The van der Waals surface area contributed by atoms with Gasteiger partial charge < -0.3 is 10.8 Å². The summed E-state index contributed by atoms with van der Waals surface area (Å²) in [4.78, 5) is 11.9. The van der Waals surface area contributed by atoms with Crippen LogP contribution >= 0.6 is 0 Å². The summed E-state index contributed by atoms with van der Waals surface area (Å²) < 4.78 is 3.22. The Morgan fingerprint density at radius 2 is 2.12 bits per heavy atom. The summed E-state index contributed by atoms with van der Waals surface area (Å²) in [5.41, 5.74) is 6.93. The molecular weight excluding hydrogens is 206 g/mol. The fourth-order valence-corrected chi connectivity index (χ4v) is 1.86. The van der Waals surface area contributed by atoms with Crippen molar-refractivity contribution in [1.82, 2.24) is 9.13 Å². The van der Waals surface area contributed by atoms with Crippen molar-refractivity contribution in [1.29, 1.82) is 0 Å². The predicted molar refractivity (Wildman–Crippen MR) is 62.5 cm³/mol. The minimum atomic E-state index is -0.0750. The number of phenols is 1. The van der Waals surface area contributed by atoms with Gasteiger partial charge in [-0.05, 0) is 25.1 Å². The van der Waals surface area contributed by atoms with E-state index in [-0.39, 0.29) is 11.4 Å². The molecule has 0 fully saturated rings. The molecule has 86 valence electrons. The van der Waals surface area contributed by atoms with Gasteiger partial charge in [-0.15, -0.1) is 0 Å². The highest BCUT2D eigenvalue weighted by Gasteiger charge is 2.10. The maximum atomic E-state index is 11.9. The summed E-state index contributed by atoms with van der Waals surface area (Å²) in [7, 11) is 1.70. The van der Waals surface area contributed by atoms with E-state index in [1.165, 1.54) is 4.57 Å². The average molecular weight is 221 g/mol. The van der Waals surface area contributed by atoms with Gasteiger partial charge >= 0.3 is 5.69 Å². The van der Waals surface area contributed by atoms with Gasteiger partial charge in [-0.3, -0.25) is 9.13 Å². The molecule has 2 aromatic rings. The number of nitrogens with zero attached hydrogens (tertiary/aromatic N) is 2. The van der Waals surface area contributed by atoms with Crippen LogP contribution in [0.2, 0.25) is 0 Å². The molecule has 0 saturated carbocycles. The molecule has 0 atom stereocenters. The van der Waals surface area contributed by atoms with Crippen LogP contribution in [0.1, 0.15) is 6.42 Å². The highest BCUT2D eigenvalue weighted by molar-refractivity contribution is 5.77. The number of hydrogen-bond donors (Lipinski definition) is 2. The first-order valence-electron chi connectivity index (χ1n) is 5.23. The van der Waals surface area contributed by atoms with Crippen LogP contribution in [-0.4, -0.2) is 20.8 Å². The highest BCUT2D eigenvalue weighted by Crippen LogP contribution is 2.18. The first-order chi connectivity index (χ1) is 7.65. The molecule has 0 spiro atoms. The predicted octanol–water partition coefficient (Wildman–Crippen LogP) is 0.394. The summed E-state index contributed by atoms with van der Waals surface area (Å²) in [6.07, 6.45) is 0.764. The van der Waals surface area contributed by atoms with Crippen LogP contribution in [0.3, 0.4) is 0 Å². The van der Waals surface area contributed by atoms with E-state index in [0.717, 1.165) is 17.5 Å². The van der Waals surface area contributed by atoms with E-state index in [4.69, 9.17) is 5.73 Å². The van der Waals surface area contributed by atoms with E-state index < -0.39 is 0 Å². The van der Waals surface area contributed by atoms with Crippen LogP contribution < -0.4 is 11.4 Å². The van der Waals surface area contributed by atoms with Crippen molar-refractivity contribution in [3.05, 3.63) is 28.7 Å². The van der Waals surface area contributed by atoms with Crippen LogP contribution in [0.15, 0.2) is 23.0 Å². The Morgan fingerprint density at radius 3 is 2.81 bits per heavy atom. The standard InChI is InChI=1S/C11H15N3O2/c1-13-10-7-8(15)3-4-9(10)14(11(13)16)6-2-5-12/h3-4,7,15H,2,5-6,12H2,1H3. The van der Waals surface area contributed by atoms with Crippen LogP contribution in [0.4, 0.5) is 0 Å². The third-order valence-electron chi connectivity index (χ3n) is 2.71. The van der Waals surface area contributed by atoms with Crippen molar-refractivity contribution in [3.63, 3.8) is 0 Å². The summed E-state index contributed by atoms with van der Waals surface area (Å²) in [5.74, 6) is 0.166. The normalized spacial score (nSPS) is 11.1. The molecule has 3 N–H and O–H groups in total. The zero-order chi connectivity index (χ0) is 11.7. The van der Waals surface area contributed by atoms with Crippen molar-refractivity contribution >= 4 is 11.0 Å². The first-order valence-corrected chi connectivity index (χ1v) is 5.23. The van der Waals surface area contributed by atoms with E-state index in [1.54, 1.807) is 29.8 Å². The molecule has 0 aliphatic carbocycles. The number of fused-ring (bicyclic) bond motifs is 1. The largest absolute Gasteiger partial charge is 0.508 e. The molecule has 0 saturated heterocycles. The van der Waals surface area contributed by atoms with E-state index in [1.807, 2.05) is 0 Å². The van der Waals surface area contributed by atoms with Gasteiger partial charge in [0.2, 0.25) is 0 Å². The smallest absolute Gasteiger partial charge is 0.328 e. The summed E-state index contributed by atoms with van der Waals surface area (Å²) in [6, 6.07) is 4.93. The van der Waals surface area contributed by atoms with Gasteiger partial charge in [0.1, 0.15) is 5.75 Å². The van der Waals surface area contributed by atoms with Crippen LogP contribution in [0.25, 0.3) is 11.0 Å². The number of aromatic nitrogens is 2. The average Bonchev–Trinajstić information content (AvgIpc) is 2.50. The maximum Gasteiger partial charge on any atom is 0.328 e. The fourth-order valence-electron chi connectivity index (χ4n) is 1.86. The molecule has 1 heterocycles. The molecule has 1 aromatic carbocycles. The summed E-state index contributed by atoms with van der Waals surface area (Å²) >= 11 is 0. The van der Waals surface area contributed by atoms with Gasteiger partial charge in [0.05, 0.1) is 11.0 Å². The van der Waals surface area contributed by atoms with E-state index in [9.17, 15) is 9.90 Å². The maximum absolute atomic E-state index is 11.9. The third kappa shape index (κ3) is 1.59. The van der Waals surface area contributed by atoms with Gasteiger partial charge in [0.25, 0.3) is 0 Å². The number of rotatable bonds is 3. The lowest BCUT2D eigenvalue weighted by atomic mass is 10.3. The minimum Gasteiger partial charge on any atom is -0.508 e. The van der Waals surface area contributed by atoms with Gasteiger partial charge in [-0.1, -0.05) is 0 Å². The molecule has 0 aliphatic rings. The lowest BCUT2D eigenvalue weighted by Crippen LogP contribution is -2.23. The molecule has 0 radical (unpaired) electrons. The second-order valence-electron chi connectivity index (χ2n) is 3.81. The molecule has 0 bridgehead atoms. The summed E-state index contributed by atoms with van der Waals surface area (Å²) in [6.45, 7) is 1.17. The molecule has 0 amide bonds. The zero-order valence-electron chi connectivity index (χ0n) is 9.18. The Kier molecular flexibility index (Phi) is 2.70. The monoisotopic (exact) mass is 221 g/mol. The third-order valence-corrected chi connectivity index (χ3v) is 2.71. The Bertz CT molecular complexity index is 568. The van der Waals surface area contributed by atoms with Gasteiger partial charge in [-0.2, -0.15) is 0 Å². The SMILES string of the molecule is Cn1c(=O)n(CCCN)c2ccc(O)cc21. The van der Waals surface area contributed by atoms with E-state index in [2.05, 4.69) is 0 Å². The first kappa shape index (κ1) is 10.8. The number of phenolic OH excluding ortho intramolecular Hbond substituents is 1. The lowest BCUT2D eigenvalue weighted by molar-refractivity contribution is 0.476. The zero-order valence-corrected chi connectivity index (χ0v) is 9.18. The van der Waals surface area contributed by atoms with Crippen LogP contribution in [-0.2, 0) is 13.6 Å². The lowest BCUT2D eigenvalue weighted by Gasteiger charge is -2.01. The Balaban J connectivity index is 2.64. The Labute approximate surface area is 92.7 Å². The number of hydrogen-bond acceptors (Lipinski definition) is 3. The molecule has 5 nitrogen and oxygen atoms in total. The number of benzene rings is 1. The van der Waals surface area contributed by atoms with Crippen LogP contribution in [0, 0.1) is 0 Å². The molecule has 5 heteroatoms. The van der Waals surface area contributed by atoms with Gasteiger partial charge in [0, 0.05) is 19.7 Å². The second-order valence-corrected chi connectivity index (χ2v) is 3.81. The molecule has 2 rings (SSSR count). The molecule has 16 heavy (non-hydrogen) atoms. The minimum absolute atomic E-state index is 0.0750. The molecule has 0 aliphatic heterocycles. The quantitative estimate of drug-likeness (QED) is 0.787.